The fourth-order valence-corrected chi connectivity index (χ4v) is 3.04. The standard InChI is InChI=1S/C10H13IO4/c11-4-9(12)15-8-3-5-1-6(8)2-7(5)10(13)14/h5-8H,1-4H2,(H,13,14)/p-1. The van der Waals surface area contributed by atoms with Gasteiger partial charge in [-0.3, -0.25) is 4.79 Å². The predicted octanol–water partition coefficient (Wildman–Crippen LogP) is 0.129. The van der Waals surface area contributed by atoms with Crippen LogP contribution in [-0.4, -0.2) is 22.5 Å². The van der Waals surface area contributed by atoms with Gasteiger partial charge >= 0.3 is 5.97 Å². The van der Waals surface area contributed by atoms with Crippen molar-refractivity contribution in [3.63, 3.8) is 0 Å². The van der Waals surface area contributed by atoms with Crippen LogP contribution in [0.5, 0.6) is 0 Å². The third-order valence-corrected chi connectivity index (χ3v) is 4.11. The van der Waals surface area contributed by atoms with Crippen molar-refractivity contribution in [1.82, 2.24) is 0 Å². The number of fused-ring (bicyclic) bond motifs is 2. The van der Waals surface area contributed by atoms with Crippen LogP contribution in [0, 0.1) is 17.8 Å². The van der Waals surface area contributed by atoms with E-state index in [1.807, 2.05) is 22.6 Å². The molecule has 0 aromatic rings. The zero-order chi connectivity index (χ0) is 11.0. The highest BCUT2D eigenvalue weighted by atomic mass is 127. The second-order valence-corrected chi connectivity index (χ2v) is 5.08. The number of carboxylic acids is 1. The van der Waals surface area contributed by atoms with E-state index < -0.39 is 5.97 Å². The molecule has 2 fully saturated rings. The summed E-state index contributed by atoms with van der Waals surface area (Å²) in [6.07, 6.45) is 2.14. The number of carboxylic acid groups (broad SMARTS) is 1. The number of aliphatic carboxylic acids is 1. The summed E-state index contributed by atoms with van der Waals surface area (Å²) in [5.41, 5.74) is 0. The van der Waals surface area contributed by atoms with Crippen molar-refractivity contribution in [3.8, 4) is 0 Å². The van der Waals surface area contributed by atoms with E-state index in [0.717, 1.165) is 6.42 Å². The van der Waals surface area contributed by atoms with Crippen molar-refractivity contribution in [3.05, 3.63) is 0 Å². The summed E-state index contributed by atoms with van der Waals surface area (Å²) in [5, 5.41) is 10.8. The summed E-state index contributed by atoms with van der Waals surface area (Å²) in [6.45, 7) is 0. The van der Waals surface area contributed by atoms with Gasteiger partial charge in [-0.2, -0.15) is 0 Å². The van der Waals surface area contributed by atoms with E-state index in [1.54, 1.807) is 0 Å². The summed E-state index contributed by atoms with van der Waals surface area (Å²) in [7, 11) is 0. The van der Waals surface area contributed by atoms with Gasteiger partial charge in [-0.15, -0.1) is 0 Å². The fraction of sp³-hybridized carbons (Fsp3) is 0.800. The van der Waals surface area contributed by atoms with Crippen molar-refractivity contribution in [2.75, 3.05) is 4.43 Å². The first-order valence-electron chi connectivity index (χ1n) is 5.08. The summed E-state index contributed by atoms with van der Waals surface area (Å²) < 4.78 is 5.62. The lowest BCUT2D eigenvalue weighted by atomic mass is 9.87. The van der Waals surface area contributed by atoms with Crippen LogP contribution in [0.2, 0.25) is 0 Å². The topological polar surface area (TPSA) is 66.4 Å². The molecule has 15 heavy (non-hydrogen) atoms. The molecule has 0 aromatic heterocycles. The van der Waals surface area contributed by atoms with Gasteiger partial charge < -0.3 is 14.6 Å². The Morgan fingerprint density at radius 1 is 1.27 bits per heavy atom. The van der Waals surface area contributed by atoms with Gasteiger partial charge in [0.15, 0.2) is 0 Å². The highest BCUT2D eigenvalue weighted by Gasteiger charge is 2.47. The zero-order valence-corrected chi connectivity index (χ0v) is 10.3. The lowest BCUT2D eigenvalue weighted by molar-refractivity contribution is -0.313. The van der Waals surface area contributed by atoms with Crippen LogP contribution in [-0.2, 0) is 14.3 Å². The summed E-state index contributed by atoms with van der Waals surface area (Å²) in [4.78, 5) is 21.9. The van der Waals surface area contributed by atoms with E-state index in [4.69, 9.17) is 4.74 Å². The molecule has 0 amide bonds. The Labute approximate surface area is 102 Å². The first-order valence-corrected chi connectivity index (χ1v) is 6.60. The van der Waals surface area contributed by atoms with Gasteiger partial charge in [0.25, 0.3) is 0 Å². The van der Waals surface area contributed by atoms with Crippen LogP contribution in [0.4, 0.5) is 0 Å². The molecule has 4 atom stereocenters. The number of rotatable bonds is 3. The Morgan fingerprint density at radius 3 is 2.47 bits per heavy atom. The number of halogens is 1. The van der Waals surface area contributed by atoms with Crippen molar-refractivity contribution in [1.29, 1.82) is 0 Å². The molecule has 0 spiro atoms. The second-order valence-electron chi connectivity index (χ2n) is 4.31. The molecule has 0 saturated heterocycles. The molecule has 2 rings (SSSR count). The van der Waals surface area contributed by atoms with E-state index in [9.17, 15) is 14.7 Å². The van der Waals surface area contributed by atoms with Crippen LogP contribution < -0.4 is 5.11 Å². The Balaban J connectivity index is 1.91. The van der Waals surface area contributed by atoms with Crippen molar-refractivity contribution in [2.45, 2.75) is 25.4 Å². The minimum Gasteiger partial charge on any atom is -0.550 e. The van der Waals surface area contributed by atoms with Crippen molar-refractivity contribution >= 4 is 34.5 Å². The maximum atomic E-state index is 11.1. The molecule has 2 bridgehead atoms. The first-order chi connectivity index (χ1) is 7.11. The average molecular weight is 323 g/mol. The number of hydrogen-bond acceptors (Lipinski definition) is 4. The van der Waals surface area contributed by atoms with Gasteiger partial charge in [0, 0.05) is 11.9 Å². The number of carbonyl (C=O) groups is 2. The van der Waals surface area contributed by atoms with Gasteiger partial charge in [-0.1, -0.05) is 22.6 Å². The molecule has 0 N–H and O–H groups in total. The van der Waals surface area contributed by atoms with Gasteiger partial charge in [-0.05, 0) is 31.1 Å². The highest BCUT2D eigenvalue weighted by molar-refractivity contribution is 14.1. The SMILES string of the molecule is O=C(CI)OC1CC2CC1CC2C(=O)[O-]. The molecular formula is C10H12IO4-. The third-order valence-electron chi connectivity index (χ3n) is 3.49. The van der Waals surface area contributed by atoms with Crippen LogP contribution >= 0.6 is 22.6 Å². The molecule has 2 saturated carbocycles. The maximum Gasteiger partial charge on any atom is 0.316 e. The normalized spacial score (nSPS) is 37.9. The number of ether oxygens (including phenoxy) is 1. The van der Waals surface area contributed by atoms with Crippen LogP contribution in [0.25, 0.3) is 0 Å². The number of esters is 1. The molecule has 0 heterocycles. The number of carbonyl (C=O) groups excluding carboxylic acids is 2. The minimum absolute atomic E-state index is 0.0483. The number of hydrogen-bond donors (Lipinski definition) is 0. The molecule has 2 aliphatic carbocycles. The van der Waals surface area contributed by atoms with Gasteiger partial charge in [0.2, 0.25) is 0 Å². The van der Waals surface area contributed by atoms with E-state index in [1.165, 1.54) is 0 Å². The van der Waals surface area contributed by atoms with Crippen molar-refractivity contribution in [2.24, 2.45) is 17.8 Å². The molecular weight excluding hydrogens is 311 g/mol. The largest absolute Gasteiger partial charge is 0.550 e. The molecule has 5 heteroatoms. The first kappa shape index (κ1) is 11.2. The van der Waals surface area contributed by atoms with Crippen LogP contribution in [0.1, 0.15) is 19.3 Å². The van der Waals surface area contributed by atoms with Gasteiger partial charge in [0.05, 0.1) is 4.43 Å². The molecule has 2 aliphatic rings. The fourth-order valence-electron chi connectivity index (χ4n) is 2.86. The predicted molar refractivity (Wildman–Crippen MR) is 58.1 cm³/mol. The van der Waals surface area contributed by atoms with Crippen LogP contribution in [0.3, 0.4) is 0 Å². The smallest absolute Gasteiger partial charge is 0.316 e. The average Bonchev–Trinajstić information content (AvgIpc) is 2.76. The minimum atomic E-state index is -0.943. The Morgan fingerprint density at radius 2 is 2.00 bits per heavy atom. The molecule has 84 valence electrons. The quantitative estimate of drug-likeness (QED) is 0.421. The second kappa shape index (κ2) is 4.27. The number of alkyl halides is 1. The maximum absolute atomic E-state index is 11.1. The Bertz CT molecular complexity index is 291. The summed E-state index contributed by atoms with van der Waals surface area (Å²) in [5.74, 6) is -1.05. The summed E-state index contributed by atoms with van der Waals surface area (Å²) in [6, 6.07) is 0. The molecule has 4 nitrogen and oxygen atoms in total. The van der Waals surface area contributed by atoms with E-state index in [0.29, 0.717) is 17.3 Å². The molecule has 0 radical (unpaired) electrons. The van der Waals surface area contributed by atoms with E-state index in [-0.39, 0.29) is 29.8 Å². The van der Waals surface area contributed by atoms with Crippen LogP contribution in [0.15, 0.2) is 0 Å². The molecule has 0 aromatic carbocycles. The monoisotopic (exact) mass is 323 g/mol. The van der Waals surface area contributed by atoms with E-state index >= 15 is 0 Å². The lowest BCUT2D eigenvalue weighted by Gasteiger charge is -2.28. The van der Waals surface area contributed by atoms with Crippen molar-refractivity contribution < 1.29 is 19.4 Å². The highest BCUT2D eigenvalue weighted by Crippen LogP contribution is 2.49. The zero-order valence-electron chi connectivity index (χ0n) is 8.15. The Kier molecular flexibility index (Phi) is 3.18. The molecule has 4 unspecified atom stereocenters. The lowest BCUT2D eigenvalue weighted by Crippen LogP contribution is -2.37. The molecule has 0 aliphatic heterocycles. The van der Waals surface area contributed by atoms with Gasteiger partial charge in [-0.25, -0.2) is 0 Å². The van der Waals surface area contributed by atoms with E-state index in [2.05, 4.69) is 0 Å². The Hall–Kier alpha value is -0.330. The van der Waals surface area contributed by atoms with Gasteiger partial charge in [0.1, 0.15) is 6.10 Å². The summed E-state index contributed by atoms with van der Waals surface area (Å²) >= 11 is 1.97. The third kappa shape index (κ3) is 2.11.